The first-order valence-electron chi connectivity index (χ1n) is 8.04. The van der Waals surface area contributed by atoms with E-state index in [4.69, 9.17) is 5.73 Å². The fraction of sp³-hybridized carbons (Fsp3) is 0.278. The van der Waals surface area contributed by atoms with Crippen molar-refractivity contribution in [3.05, 3.63) is 52.9 Å². The van der Waals surface area contributed by atoms with Gasteiger partial charge >= 0.3 is 0 Å². The summed E-state index contributed by atoms with van der Waals surface area (Å²) in [7, 11) is 0. The number of rotatable bonds is 4. The Morgan fingerprint density at radius 3 is 2.68 bits per heavy atom. The zero-order chi connectivity index (χ0) is 17.8. The normalized spacial score (nSPS) is 16.1. The van der Waals surface area contributed by atoms with Crippen molar-refractivity contribution in [3.8, 4) is 0 Å². The SMILES string of the molecule is NC(=Nc1ccc(F)c(Br)c1)C(=O)C1CCN(c2ccccn2)CC1. The molecule has 1 fully saturated rings. The highest BCUT2D eigenvalue weighted by Crippen LogP contribution is 2.24. The molecule has 2 N–H and O–H groups in total. The smallest absolute Gasteiger partial charge is 0.200 e. The van der Waals surface area contributed by atoms with E-state index >= 15 is 0 Å². The molecule has 1 aromatic carbocycles. The molecule has 0 aliphatic carbocycles. The molecule has 5 nitrogen and oxygen atoms in total. The zero-order valence-corrected chi connectivity index (χ0v) is 15.1. The van der Waals surface area contributed by atoms with Crippen LogP contribution in [-0.4, -0.2) is 29.7 Å². The third-order valence-electron chi connectivity index (χ3n) is 4.24. The van der Waals surface area contributed by atoms with Crippen LogP contribution in [0.3, 0.4) is 0 Å². The van der Waals surface area contributed by atoms with Crippen molar-refractivity contribution in [2.75, 3.05) is 18.0 Å². The summed E-state index contributed by atoms with van der Waals surface area (Å²) in [6.45, 7) is 1.51. The van der Waals surface area contributed by atoms with Crippen LogP contribution < -0.4 is 10.6 Å². The average Bonchev–Trinajstić information content (AvgIpc) is 2.65. The number of halogens is 2. The molecule has 0 radical (unpaired) electrons. The predicted octanol–water partition coefficient (Wildman–Crippen LogP) is 3.46. The number of nitrogens with two attached hydrogens (primary N) is 1. The lowest BCUT2D eigenvalue weighted by molar-refractivity contribution is -0.117. The van der Waals surface area contributed by atoms with Gasteiger partial charge in [0.25, 0.3) is 0 Å². The molecular weight excluding hydrogens is 387 g/mol. The van der Waals surface area contributed by atoms with Crippen molar-refractivity contribution in [1.82, 2.24) is 4.98 Å². The maximum atomic E-state index is 13.3. The molecule has 0 bridgehead atoms. The number of nitrogens with zero attached hydrogens (tertiary/aromatic N) is 3. The van der Waals surface area contributed by atoms with Crippen LogP contribution in [0, 0.1) is 11.7 Å². The summed E-state index contributed by atoms with van der Waals surface area (Å²) in [4.78, 5) is 23.2. The second-order valence-corrected chi connectivity index (χ2v) is 6.76. The van der Waals surface area contributed by atoms with E-state index in [1.54, 1.807) is 6.20 Å². The van der Waals surface area contributed by atoms with Gasteiger partial charge in [-0.2, -0.15) is 0 Å². The molecule has 1 aromatic heterocycles. The van der Waals surface area contributed by atoms with Crippen LogP contribution >= 0.6 is 15.9 Å². The molecule has 130 valence electrons. The molecule has 1 aliphatic rings. The van der Waals surface area contributed by atoms with Crippen molar-refractivity contribution in [3.63, 3.8) is 0 Å². The number of amidine groups is 1. The number of carbonyl (C=O) groups excluding carboxylic acids is 1. The average molecular weight is 405 g/mol. The maximum Gasteiger partial charge on any atom is 0.200 e. The van der Waals surface area contributed by atoms with Crippen molar-refractivity contribution >= 4 is 39.1 Å². The Bertz CT molecular complexity index is 789. The van der Waals surface area contributed by atoms with E-state index in [0.29, 0.717) is 18.5 Å². The third-order valence-corrected chi connectivity index (χ3v) is 4.85. The fourth-order valence-corrected chi connectivity index (χ4v) is 3.24. The van der Waals surface area contributed by atoms with Gasteiger partial charge in [0, 0.05) is 25.2 Å². The van der Waals surface area contributed by atoms with Gasteiger partial charge in [0.05, 0.1) is 10.2 Å². The number of aliphatic imine (C=N–C) groups is 1. The number of ketones is 1. The Hall–Kier alpha value is -2.28. The van der Waals surface area contributed by atoms with Gasteiger partial charge in [-0.05, 0) is 59.1 Å². The minimum Gasteiger partial charge on any atom is -0.381 e. The molecule has 1 saturated heterocycles. The number of pyridine rings is 1. The van der Waals surface area contributed by atoms with Crippen molar-refractivity contribution in [2.24, 2.45) is 16.6 Å². The number of hydrogen-bond acceptors (Lipinski definition) is 4. The van der Waals surface area contributed by atoms with Crippen LogP contribution in [0.25, 0.3) is 0 Å². The molecule has 0 saturated carbocycles. The van der Waals surface area contributed by atoms with Gasteiger partial charge in [0.15, 0.2) is 5.84 Å². The number of hydrogen-bond donors (Lipinski definition) is 1. The highest BCUT2D eigenvalue weighted by atomic mass is 79.9. The summed E-state index contributed by atoms with van der Waals surface area (Å²) in [5.41, 5.74) is 6.33. The largest absolute Gasteiger partial charge is 0.381 e. The first kappa shape index (κ1) is 17.5. The summed E-state index contributed by atoms with van der Waals surface area (Å²) in [5.74, 6) is 0.209. The standard InChI is InChI=1S/C18H18BrFN4O/c19-14-11-13(4-5-15(14)20)23-18(21)17(25)12-6-9-24(10-7-12)16-3-1-2-8-22-16/h1-5,8,11-12H,6-7,9-10H2,(H2,21,23). The van der Waals surface area contributed by atoms with E-state index in [1.807, 2.05) is 18.2 Å². The molecular formula is C18H18BrFN4O. The second-order valence-electron chi connectivity index (χ2n) is 5.91. The Morgan fingerprint density at radius 2 is 2.04 bits per heavy atom. The fourth-order valence-electron chi connectivity index (χ4n) is 2.87. The molecule has 3 rings (SSSR count). The molecule has 25 heavy (non-hydrogen) atoms. The minimum absolute atomic E-state index is 0.0326. The van der Waals surface area contributed by atoms with Gasteiger partial charge in [-0.25, -0.2) is 14.4 Å². The Labute approximate surface area is 153 Å². The molecule has 2 heterocycles. The van der Waals surface area contributed by atoms with Gasteiger partial charge in [0.2, 0.25) is 5.78 Å². The molecule has 1 aliphatic heterocycles. The summed E-state index contributed by atoms with van der Waals surface area (Å²) in [6.07, 6.45) is 3.18. The molecule has 7 heteroatoms. The van der Waals surface area contributed by atoms with Crippen molar-refractivity contribution in [1.29, 1.82) is 0 Å². The highest BCUT2D eigenvalue weighted by molar-refractivity contribution is 9.10. The van der Waals surface area contributed by atoms with Crippen LogP contribution in [0.2, 0.25) is 0 Å². The number of carbonyl (C=O) groups is 1. The van der Waals surface area contributed by atoms with Gasteiger partial charge < -0.3 is 10.6 Å². The number of benzene rings is 1. The predicted molar refractivity (Wildman–Crippen MR) is 99.6 cm³/mol. The van der Waals surface area contributed by atoms with E-state index in [0.717, 1.165) is 18.9 Å². The van der Waals surface area contributed by atoms with Crippen LogP contribution in [0.4, 0.5) is 15.9 Å². The molecule has 0 atom stereocenters. The molecule has 0 amide bonds. The quantitative estimate of drug-likeness (QED) is 0.625. The van der Waals surface area contributed by atoms with E-state index in [1.165, 1.54) is 18.2 Å². The van der Waals surface area contributed by atoms with Crippen molar-refractivity contribution in [2.45, 2.75) is 12.8 Å². The topological polar surface area (TPSA) is 71.6 Å². The van der Waals surface area contributed by atoms with E-state index in [2.05, 4.69) is 30.8 Å². The summed E-state index contributed by atoms with van der Waals surface area (Å²) in [5, 5.41) is 0. The molecule has 0 spiro atoms. The van der Waals surface area contributed by atoms with Gasteiger partial charge in [-0.1, -0.05) is 6.07 Å². The zero-order valence-electron chi connectivity index (χ0n) is 13.5. The Balaban J connectivity index is 1.63. The lowest BCUT2D eigenvalue weighted by Crippen LogP contribution is -2.40. The number of aromatic nitrogens is 1. The first-order chi connectivity index (χ1) is 12.0. The minimum atomic E-state index is -0.384. The van der Waals surface area contributed by atoms with Gasteiger partial charge in [0.1, 0.15) is 11.6 Å². The highest BCUT2D eigenvalue weighted by Gasteiger charge is 2.27. The Morgan fingerprint density at radius 1 is 1.28 bits per heavy atom. The van der Waals surface area contributed by atoms with E-state index in [-0.39, 0.29) is 27.8 Å². The van der Waals surface area contributed by atoms with Crippen molar-refractivity contribution < 1.29 is 9.18 Å². The lowest BCUT2D eigenvalue weighted by atomic mass is 9.92. The number of Topliss-reactive ketones (excluding diaryl/α,β-unsaturated/α-hetero) is 1. The van der Waals surface area contributed by atoms with Crippen LogP contribution in [-0.2, 0) is 4.79 Å². The number of piperidine rings is 1. The van der Waals surface area contributed by atoms with E-state index in [9.17, 15) is 9.18 Å². The summed E-state index contributed by atoms with van der Waals surface area (Å²) >= 11 is 3.10. The van der Waals surface area contributed by atoms with Crippen LogP contribution in [0.5, 0.6) is 0 Å². The molecule has 0 unspecified atom stereocenters. The second kappa shape index (κ2) is 7.74. The van der Waals surface area contributed by atoms with Gasteiger partial charge in [-0.3, -0.25) is 4.79 Å². The van der Waals surface area contributed by atoms with E-state index < -0.39 is 0 Å². The maximum absolute atomic E-state index is 13.3. The van der Waals surface area contributed by atoms with Crippen LogP contribution in [0.1, 0.15) is 12.8 Å². The Kier molecular flexibility index (Phi) is 5.43. The van der Waals surface area contributed by atoms with Gasteiger partial charge in [-0.15, -0.1) is 0 Å². The van der Waals surface area contributed by atoms with Crippen LogP contribution in [0.15, 0.2) is 52.1 Å². The lowest BCUT2D eigenvalue weighted by Gasteiger charge is -2.31. The monoisotopic (exact) mass is 404 g/mol. The molecule has 2 aromatic rings. The summed E-state index contributed by atoms with van der Waals surface area (Å²) in [6, 6.07) is 10.1. The first-order valence-corrected chi connectivity index (χ1v) is 8.83. The third kappa shape index (κ3) is 4.22. The summed E-state index contributed by atoms with van der Waals surface area (Å²) < 4.78 is 13.5. The number of anilines is 1.